The van der Waals surface area contributed by atoms with Gasteiger partial charge in [0.1, 0.15) is 11.6 Å². The van der Waals surface area contributed by atoms with Crippen molar-refractivity contribution in [3.8, 4) is 11.5 Å². The first-order chi connectivity index (χ1) is 14.5. The molecule has 3 nitrogen and oxygen atoms in total. The maximum absolute atomic E-state index is 14.0. The van der Waals surface area contributed by atoms with Crippen LogP contribution in [-0.4, -0.2) is 19.8 Å². The molecule has 0 radical (unpaired) electrons. The van der Waals surface area contributed by atoms with Crippen molar-refractivity contribution in [3.63, 3.8) is 0 Å². The van der Waals surface area contributed by atoms with Crippen LogP contribution in [0.25, 0.3) is 0 Å². The van der Waals surface area contributed by atoms with Gasteiger partial charge in [0.25, 0.3) is 0 Å². The van der Waals surface area contributed by atoms with E-state index < -0.39 is 11.6 Å². The normalized spacial score (nSPS) is 12.9. The molecule has 0 aliphatic heterocycles. The average Bonchev–Trinajstić information content (AvgIpc) is 2.77. The summed E-state index contributed by atoms with van der Waals surface area (Å²) in [7, 11) is 1.63. The van der Waals surface area contributed by atoms with Gasteiger partial charge in [-0.25, -0.2) is 8.78 Å². The molecule has 0 bridgehead atoms. The van der Waals surface area contributed by atoms with E-state index in [0.717, 1.165) is 22.9 Å². The predicted octanol–water partition coefficient (Wildman–Crippen LogP) is 5.82. The molecule has 0 fully saturated rings. The minimum absolute atomic E-state index is 0.0337. The molecule has 5 heteroatoms. The van der Waals surface area contributed by atoms with E-state index in [-0.39, 0.29) is 24.4 Å². The zero-order valence-electron chi connectivity index (χ0n) is 17.2. The van der Waals surface area contributed by atoms with Crippen molar-refractivity contribution in [2.24, 2.45) is 5.92 Å². The molecule has 0 aliphatic rings. The Morgan fingerprint density at radius 3 is 2.27 bits per heavy atom. The Hall–Kier alpha value is -2.92. The standard InChI is InChI=1S/C25H26F2O3/c1-18(29-16-20-6-4-3-5-7-20)21(14-19-8-11-23(28-2)12-9-19)17-30-25-13-10-22(26)15-24(25)27/h3-13,15,18,21H,14,16-17H2,1-2H3/t18-,21+/m0/s1. The fourth-order valence-corrected chi connectivity index (χ4v) is 3.15. The summed E-state index contributed by atoms with van der Waals surface area (Å²) in [6.07, 6.45) is 0.541. The van der Waals surface area contributed by atoms with E-state index in [4.69, 9.17) is 14.2 Å². The van der Waals surface area contributed by atoms with Gasteiger partial charge in [0.15, 0.2) is 11.6 Å². The van der Waals surface area contributed by atoms with Crippen LogP contribution in [0.3, 0.4) is 0 Å². The smallest absolute Gasteiger partial charge is 0.167 e. The molecule has 158 valence electrons. The third kappa shape index (κ3) is 6.29. The highest BCUT2D eigenvalue weighted by molar-refractivity contribution is 5.28. The molecular formula is C25H26F2O3. The largest absolute Gasteiger partial charge is 0.497 e. The number of rotatable bonds is 10. The number of hydrogen-bond donors (Lipinski definition) is 0. The van der Waals surface area contributed by atoms with Crippen LogP contribution in [0.4, 0.5) is 8.78 Å². The molecule has 3 rings (SSSR count). The number of hydrogen-bond acceptors (Lipinski definition) is 3. The highest BCUT2D eigenvalue weighted by atomic mass is 19.1. The maximum atomic E-state index is 14.0. The van der Waals surface area contributed by atoms with Gasteiger partial charge in [0.05, 0.1) is 26.4 Å². The molecule has 2 atom stereocenters. The van der Waals surface area contributed by atoms with Crippen molar-refractivity contribution in [2.75, 3.05) is 13.7 Å². The van der Waals surface area contributed by atoms with Gasteiger partial charge >= 0.3 is 0 Å². The molecular weight excluding hydrogens is 386 g/mol. The summed E-state index contributed by atoms with van der Waals surface area (Å²) in [5, 5.41) is 0. The molecule has 0 saturated carbocycles. The lowest BCUT2D eigenvalue weighted by molar-refractivity contribution is -0.00147. The fourth-order valence-electron chi connectivity index (χ4n) is 3.15. The molecule has 30 heavy (non-hydrogen) atoms. The molecule has 3 aromatic rings. The van der Waals surface area contributed by atoms with Crippen LogP contribution < -0.4 is 9.47 Å². The summed E-state index contributed by atoms with van der Waals surface area (Å²) in [6, 6.07) is 21.0. The SMILES string of the molecule is COc1ccc(C[C@H](COc2ccc(F)cc2F)[C@H](C)OCc2ccccc2)cc1. The lowest BCUT2D eigenvalue weighted by Gasteiger charge is -2.25. The van der Waals surface area contributed by atoms with Crippen LogP contribution in [0.1, 0.15) is 18.1 Å². The Morgan fingerprint density at radius 2 is 1.60 bits per heavy atom. The number of halogens is 2. The molecule has 3 aromatic carbocycles. The van der Waals surface area contributed by atoms with Crippen LogP contribution in [-0.2, 0) is 17.8 Å². The second kappa shape index (κ2) is 10.7. The van der Waals surface area contributed by atoms with Gasteiger partial charge < -0.3 is 14.2 Å². The molecule has 0 aliphatic carbocycles. The van der Waals surface area contributed by atoms with Gasteiger partial charge in [-0.2, -0.15) is 0 Å². The van der Waals surface area contributed by atoms with Gasteiger partial charge in [0, 0.05) is 12.0 Å². The van der Waals surface area contributed by atoms with E-state index in [2.05, 4.69) is 0 Å². The minimum Gasteiger partial charge on any atom is -0.497 e. The van der Waals surface area contributed by atoms with E-state index >= 15 is 0 Å². The molecule has 0 saturated heterocycles. The number of methoxy groups -OCH3 is 1. The van der Waals surface area contributed by atoms with Crippen molar-refractivity contribution in [1.82, 2.24) is 0 Å². The van der Waals surface area contributed by atoms with Gasteiger partial charge in [-0.15, -0.1) is 0 Å². The second-order valence-corrected chi connectivity index (χ2v) is 7.20. The highest BCUT2D eigenvalue weighted by Gasteiger charge is 2.21. The first kappa shape index (κ1) is 21.8. The van der Waals surface area contributed by atoms with Crippen LogP contribution in [0.15, 0.2) is 72.8 Å². The Kier molecular flexibility index (Phi) is 7.80. The highest BCUT2D eigenvalue weighted by Crippen LogP contribution is 2.23. The second-order valence-electron chi connectivity index (χ2n) is 7.20. The fraction of sp³-hybridized carbons (Fsp3) is 0.280. The van der Waals surface area contributed by atoms with Gasteiger partial charge in [-0.3, -0.25) is 0 Å². The summed E-state index contributed by atoms with van der Waals surface area (Å²) >= 11 is 0. The molecule has 0 heterocycles. The van der Waals surface area contributed by atoms with Gasteiger partial charge in [-0.1, -0.05) is 42.5 Å². The lowest BCUT2D eigenvalue weighted by Crippen LogP contribution is -2.28. The van der Waals surface area contributed by atoms with Crippen LogP contribution in [0, 0.1) is 17.6 Å². The molecule has 0 amide bonds. The minimum atomic E-state index is -0.712. The van der Waals surface area contributed by atoms with Crippen molar-refractivity contribution in [2.45, 2.75) is 26.1 Å². The summed E-state index contributed by atoms with van der Waals surface area (Å²) < 4.78 is 44.1. The van der Waals surface area contributed by atoms with E-state index in [1.807, 2.05) is 61.5 Å². The average molecular weight is 412 g/mol. The zero-order chi connectivity index (χ0) is 21.3. The quantitative estimate of drug-likeness (QED) is 0.420. The van der Waals surface area contributed by atoms with Crippen molar-refractivity contribution >= 4 is 0 Å². The third-order valence-corrected chi connectivity index (χ3v) is 5.02. The zero-order valence-corrected chi connectivity index (χ0v) is 17.2. The van der Waals surface area contributed by atoms with Crippen molar-refractivity contribution in [3.05, 3.63) is 95.6 Å². The Morgan fingerprint density at radius 1 is 0.867 bits per heavy atom. The monoisotopic (exact) mass is 412 g/mol. The first-order valence-corrected chi connectivity index (χ1v) is 9.91. The maximum Gasteiger partial charge on any atom is 0.167 e. The summed E-state index contributed by atoms with van der Waals surface area (Å²) in [5.41, 5.74) is 2.18. The molecule has 0 N–H and O–H groups in total. The Bertz CT molecular complexity index is 913. The Balaban J connectivity index is 1.68. The Labute approximate surface area is 176 Å². The summed E-state index contributed by atoms with van der Waals surface area (Å²) in [6.45, 7) is 2.71. The van der Waals surface area contributed by atoms with Crippen molar-refractivity contribution < 1.29 is 23.0 Å². The number of ether oxygens (including phenoxy) is 3. The van der Waals surface area contributed by atoms with Crippen LogP contribution >= 0.6 is 0 Å². The summed E-state index contributed by atoms with van der Waals surface area (Å²) in [5.74, 6) is -0.559. The third-order valence-electron chi connectivity index (χ3n) is 5.02. The predicted molar refractivity (Wildman–Crippen MR) is 113 cm³/mol. The topological polar surface area (TPSA) is 27.7 Å². The van der Waals surface area contributed by atoms with Gasteiger partial charge in [-0.05, 0) is 48.7 Å². The summed E-state index contributed by atoms with van der Waals surface area (Å²) in [4.78, 5) is 0. The molecule has 0 aromatic heterocycles. The van der Waals surface area contributed by atoms with E-state index in [9.17, 15) is 8.78 Å². The van der Waals surface area contributed by atoms with Gasteiger partial charge in [0.2, 0.25) is 0 Å². The van der Waals surface area contributed by atoms with Crippen molar-refractivity contribution in [1.29, 1.82) is 0 Å². The van der Waals surface area contributed by atoms with Crippen LogP contribution in [0.2, 0.25) is 0 Å². The van der Waals surface area contributed by atoms with E-state index in [1.54, 1.807) is 7.11 Å². The number of benzene rings is 3. The first-order valence-electron chi connectivity index (χ1n) is 9.91. The van der Waals surface area contributed by atoms with E-state index in [0.29, 0.717) is 13.0 Å². The van der Waals surface area contributed by atoms with Crippen LogP contribution in [0.5, 0.6) is 11.5 Å². The molecule has 0 unspecified atom stereocenters. The van der Waals surface area contributed by atoms with E-state index in [1.165, 1.54) is 12.1 Å². The molecule has 0 spiro atoms. The lowest BCUT2D eigenvalue weighted by atomic mass is 9.95.